The van der Waals surface area contributed by atoms with Crippen molar-refractivity contribution in [2.24, 2.45) is 0 Å². The van der Waals surface area contributed by atoms with Crippen molar-refractivity contribution in [2.45, 2.75) is 6.54 Å². The van der Waals surface area contributed by atoms with E-state index in [1.807, 2.05) is 4.57 Å². The van der Waals surface area contributed by atoms with Crippen molar-refractivity contribution < 1.29 is 14.3 Å². The van der Waals surface area contributed by atoms with Crippen LogP contribution in [0.1, 0.15) is 21.7 Å². The molecule has 2 aromatic carbocycles. The first-order chi connectivity index (χ1) is 13.5. The number of ketones is 1. The standard InChI is InChI=1S/C20H14ClFN4O2/c21-13-3-6-15-16(18(27)8-19(28)20-23-11-24-25-20)10-26(17(15)7-13)9-12-1-4-14(22)5-2-12/h1-8,10-11,27H,9H2,(H,23,24,25). The van der Waals surface area contributed by atoms with E-state index in [0.717, 1.165) is 22.5 Å². The molecule has 0 saturated heterocycles. The Morgan fingerprint density at radius 2 is 2.04 bits per heavy atom. The zero-order valence-corrected chi connectivity index (χ0v) is 15.2. The maximum Gasteiger partial charge on any atom is 0.226 e. The summed E-state index contributed by atoms with van der Waals surface area (Å²) in [5.41, 5.74) is 2.13. The molecular weight excluding hydrogens is 383 g/mol. The zero-order valence-electron chi connectivity index (χ0n) is 14.4. The van der Waals surface area contributed by atoms with E-state index in [1.54, 1.807) is 36.5 Å². The molecule has 0 aliphatic rings. The van der Waals surface area contributed by atoms with Gasteiger partial charge in [0.05, 0.1) is 5.52 Å². The van der Waals surface area contributed by atoms with Gasteiger partial charge < -0.3 is 9.67 Å². The third-order valence-electron chi connectivity index (χ3n) is 4.30. The molecule has 0 spiro atoms. The van der Waals surface area contributed by atoms with Gasteiger partial charge in [-0.15, -0.1) is 0 Å². The van der Waals surface area contributed by atoms with E-state index in [4.69, 9.17) is 11.6 Å². The van der Waals surface area contributed by atoms with Crippen LogP contribution in [0.25, 0.3) is 16.7 Å². The first kappa shape index (κ1) is 17.9. The zero-order chi connectivity index (χ0) is 19.7. The molecule has 6 nitrogen and oxygen atoms in total. The summed E-state index contributed by atoms with van der Waals surface area (Å²) in [5, 5.41) is 17.9. The molecule has 2 aromatic heterocycles. The molecule has 0 atom stereocenters. The highest BCUT2D eigenvalue weighted by atomic mass is 35.5. The van der Waals surface area contributed by atoms with Gasteiger partial charge >= 0.3 is 0 Å². The van der Waals surface area contributed by atoms with E-state index in [1.165, 1.54) is 18.5 Å². The van der Waals surface area contributed by atoms with Gasteiger partial charge in [-0.3, -0.25) is 9.89 Å². The number of rotatable bonds is 5. The number of hydrogen-bond donors (Lipinski definition) is 2. The Morgan fingerprint density at radius 3 is 2.75 bits per heavy atom. The maximum atomic E-state index is 13.2. The lowest BCUT2D eigenvalue weighted by Crippen LogP contribution is -1.99. The average Bonchev–Trinajstić information content (AvgIpc) is 3.32. The number of fused-ring (bicyclic) bond motifs is 1. The summed E-state index contributed by atoms with van der Waals surface area (Å²) in [6.45, 7) is 0.445. The lowest BCUT2D eigenvalue weighted by atomic mass is 10.1. The normalized spacial score (nSPS) is 11.9. The molecule has 0 fully saturated rings. The van der Waals surface area contributed by atoms with Crippen LogP contribution in [0.5, 0.6) is 0 Å². The van der Waals surface area contributed by atoms with Crippen LogP contribution in [0.4, 0.5) is 4.39 Å². The summed E-state index contributed by atoms with van der Waals surface area (Å²) in [4.78, 5) is 16.0. The number of aromatic nitrogens is 4. The third-order valence-corrected chi connectivity index (χ3v) is 4.54. The van der Waals surface area contributed by atoms with Crippen LogP contribution in [-0.2, 0) is 6.54 Å². The summed E-state index contributed by atoms with van der Waals surface area (Å²) in [6.07, 6.45) is 4.03. The van der Waals surface area contributed by atoms with E-state index >= 15 is 0 Å². The van der Waals surface area contributed by atoms with Gasteiger partial charge in [0, 0.05) is 34.8 Å². The van der Waals surface area contributed by atoms with E-state index < -0.39 is 5.78 Å². The fourth-order valence-corrected chi connectivity index (χ4v) is 3.15. The summed E-state index contributed by atoms with van der Waals surface area (Å²) in [5.74, 6) is -0.976. The molecule has 8 heteroatoms. The van der Waals surface area contributed by atoms with E-state index in [-0.39, 0.29) is 17.4 Å². The Bertz CT molecular complexity index is 1180. The number of aromatic amines is 1. The quantitative estimate of drug-likeness (QED) is 0.298. The Kier molecular flexibility index (Phi) is 4.67. The number of H-pyrrole nitrogens is 1. The number of aliphatic hydroxyl groups is 1. The molecule has 4 aromatic rings. The minimum atomic E-state index is -0.497. The van der Waals surface area contributed by atoms with Gasteiger partial charge in [-0.1, -0.05) is 29.8 Å². The highest BCUT2D eigenvalue weighted by molar-refractivity contribution is 6.31. The van der Waals surface area contributed by atoms with Gasteiger partial charge in [0.2, 0.25) is 5.78 Å². The lowest BCUT2D eigenvalue weighted by molar-refractivity contribution is 0.103. The average molecular weight is 397 g/mol. The second kappa shape index (κ2) is 7.28. The van der Waals surface area contributed by atoms with Crippen LogP contribution in [0, 0.1) is 5.82 Å². The Balaban J connectivity index is 1.76. The van der Waals surface area contributed by atoms with Crippen molar-refractivity contribution in [1.82, 2.24) is 19.7 Å². The van der Waals surface area contributed by atoms with E-state index in [0.29, 0.717) is 17.1 Å². The number of nitrogens with zero attached hydrogens (tertiary/aromatic N) is 3. The van der Waals surface area contributed by atoms with Crippen molar-refractivity contribution in [3.8, 4) is 0 Å². The number of allylic oxidation sites excluding steroid dienone is 1. The molecule has 0 bridgehead atoms. The number of nitrogens with one attached hydrogen (secondary N) is 1. The molecule has 28 heavy (non-hydrogen) atoms. The first-order valence-corrected chi connectivity index (χ1v) is 8.72. The van der Waals surface area contributed by atoms with Gasteiger partial charge in [0.15, 0.2) is 5.82 Å². The van der Waals surface area contributed by atoms with E-state index in [9.17, 15) is 14.3 Å². The molecule has 0 aliphatic heterocycles. The molecule has 2 heterocycles. The number of halogens is 2. The molecular formula is C20H14ClFN4O2. The Labute approximate surface area is 163 Å². The summed E-state index contributed by atoms with van der Waals surface area (Å²) in [6, 6.07) is 11.4. The topological polar surface area (TPSA) is 83.8 Å². The molecule has 4 rings (SSSR count). The second-order valence-corrected chi connectivity index (χ2v) is 6.62. The smallest absolute Gasteiger partial charge is 0.226 e. The summed E-state index contributed by atoms with van der Waals surface area (Å²) >= 11 is 6.14. The van der Waals surface area contributed by atoms with Crippen LogP contribution in [-0.4, -0.2) is 30.6 Å². The predicted molar refractivity (Wildman–Crippen MR) is 104 cm³/mol. The van der Waals surface area contributed by atoms with Crippen molar-refractivity contribution in [3.63, 3.8) is 0 Å². The maximum absolute atomic E-state index is 13.2. The minimum absolute atomic E-state index is 0.0321. The first-order valence-electron chi connectivity index (χ1n) is 8.35. The molecule has 140 valence electrons. The minimum Gasteiger partial charge on any atom is -0.507 e. The van der Waals surface area contributed by atoms with Crippen LogP contribution >= 0.6 is 11.6 Å². The highest BCUT2D eigenvalue weighted by Crippen LogP contribution is 2.29. The summed E-state index contributed by atoms with van der Waals surface area (Å²) < 4.78 is 15.1. The molecule has 0 amide bonds. The lowest BCUT2D eigenvalue weighted by Gasteiger charge is -2.06. The van der Waals surface area contributed by atoms with Gasteiger partial charge in [-0.05, 0) is 29.8 Å². The molecule has 2 N–H and O–H groups in total. The van der Waals surface area contributed by atoms with Gasteiger partial charge in [0.1, 0.15) is 17.9 Å². The van der Waals surface area contributed by atoms with Gasteiger partial charge in [-0.25, -0.2) is 9.37 Å². The van der Waals surface area contributed by atoms with Gasteiger partial charge in [-0.2, -0.15) is 5.10 Å². The van der Waals surface area contributed by atoms with Gasteiger partial charge in [0.25, 0.3) is 0 Å². The van der Waals surface area contributed by atoms with Crippen molar-refractivity contribution in [3.05, 3.63) is 88.9 Å². The highest BCUT2D eigenvalue weighted by Gasteiger charge is 2.15. The fraction of sp³-hybridized carbons (Fsp3) is 0.0500. The SMILES string of the molecule is O=C(C=C(O)c1cn(Cc2ccc(F)cc2)c2cc(Cl)ccc12)c1ncn[nH]1. The van der Waals surface area contributed by atoms with Crippen molar-refractivity contribution in [2.75, 3.05) is 0 Å². The Hall–Kier alpha value is -3.45. The largest absolute Gasteiger partial charge is 0.507 e. The number of carbonyl (C=O) groups excluding carboxylic acids is 1. The monoisotopic (exact) mass is 396 g/mol. The number of hydrogen-bond acceptors (Lipinski definition) is 4. The number of aliphatic hydroxyl groups excluding tert-OH is 1. The molecule has 0 radical (unpaired) electrons. The van der Waals surface area contributed by atoms with E-state index in [2.05, 4.69) is 15.2 Å². The van der Waals surface area contributed by atoms with Crippen molar-refractivity contribution >= 4 is 34.0 Å². The van der Waals surface area contributed by atoms with Crippen LogP contribution in [0.3, 0.4) is 0 Å². The van der Waals surface area contributed by atoms with Crippen LogP contribution in [0.15, 0.2) is 61.1 Å². The molecule has 0 saturated carbocycles. The third kappa shape index (κ3) is 3.52. The van der Waals surface area contributed by atoms with Crippen LogP contribution in [0.2, 0.25) is 5.02 Å². The summed E-state index contributed by atoms with van der Waals surface area (Å²) in [7, 11) is 0. The molecule has 0 unspecified atom stereocenters. The second-order valence-electron chi connectivity index (χ2n) is 6.19. The molecule has 0 aliphatic carbocycles. The number of carbonyl (C=O) groups is 1. The fourth-order valence-electron chi connectivity index (χ4n) is 2.98. The van der Waals surface area contributed by atoms with Crippen molar-refractivity contribution in [1.29, 1.82) is 0 Å². The predicted octanol–water partition coefficient (Wildman–Crippen LogP) is 4.38. The van der Waals surface area contributed by atoms with Crippen LogP contribution < -0.4 is 0 Å². The number of benzene rings is 2. The Morgan fingerprint density at radius 1 is 1.25 bits per heavy atom.